The number of hydrogen-bond acceptors (Lipinski definition) is 4. The molecule has 0 spiro atoms. The molecule has 0 aromatic heterocycles. The smallest absolute Gasteiger partial charge is 0.457 e. The predicted molar refractivity (Wildman–Crippen MR) is 33.3 cm³/mol. The summed E-state index contributed by atoms with van der Waals surface area (Å²) in [5, 5.41) is 7.56. The first-order chi connectivity index (χ1) is 4.16. The minimum atomic E-state index is -1.45. The fraction of sp³-hybridized carbons (Fsp3) is 0.500. The summed E-state index contributed by atoms with van der Waals surface area (Å²) in [5.74, 6) is 0. The molecular weight excluding hydrogens is 144 g/mol. The minimum absolute atomic E-state index is 0.312. The van der Waals surface area contributed by atoms with E-state index in [0.717, 1.165) is 0 Å². The molecule has 0 aromatic carbocycles. The number of carboxylic acid groups (broad SMARTS) is 1. The van der Waals surface area contributed by atoms with Gasteiger partial charge in [-0.05, 0) is 6.92 Å². The van der Waals surface area contributed by atoms with E-state index in [4.69, 9.17) is 5.11 Å². The van der Waals surface area contributed by atoms with Crippen molar-refractivity contribution in [2.75, 3.05) is 6.61 Å². The molecule has 0 aliphatic carbocycles. The lowest BCUT2D eigenvalue weighted by Gasteiger charge is -1.99. The van der Waals surface area contributed by atoms with Gasteiger partial charge in [0, 0.05) is 12.2 Å². The van der Waals surface area contributed by atoms with Crippen molar-refractivity contribution >= 4 is 23.6 Å². The van der Waals surface area contributed by atoms with Crippen molar-refractivity contribution in [2.45, 2.75) is 6.92 Å². The van der Waals surface area contributed by atoms with Crippen molar-refractivity contribution in [1.29, 1.82) is 0 Å². The highest BCUT2D eigenvalue weighted by molar-refractivity contribution is 7.79. The molecule has 0 heterocycles. The largest absolute Gasteiger partial charge is 0.514 e. The third kappa shape index (κ3) is 5.02. The van der Waals surface area contributed by atoms with Crippen LogP contribution in [-0.2, 0) is 9.47 Å². The Balaban J connectivity index is 3.39. The van der Waals surface area contributed by atoms with Crippen LogP contribution in [0.5, 0.6) is 0 Å². The van der Waals surface area contributed by atoms with Gasteiger partial charge < -0.3 is 14.6 Å². The molecule has 0 aromatic rings. The number of hydrogen-bond donors (Lipinski definition) is 1. The summed E-state index contributed by atoms with van der Waals surface area (Å²) in [7, 11) is 0. The Bertz CT molecular complexity index is 122. The molecule has 52 valence electrons. The number of thiocarbonyl (C=S) groups is 1. The molecule has 0 aliphatic heterocycles. The third-order valence-electron chi connectivity index (χ3n) is 0.433. The highest BCUT2D eigenvalue weighted by atomic mass is 32.1. The predicted octanol–water partition coefficient (Wildman–Crippen LogP) is 1.00. The Labute approximate surface area is 57.4 Å². The molecule has 0 unspecified atom stereocenters. The summed E-state index contributed by atoms with van der Waals surface area (Å²) >= 11 is 4.30. The standard InChI is InChI=1S/C4H6O4S/c1-2-7-4(9)8-3(5)6/h2H2,1H3,(H,5,6). The van der Waals surface area contributed by atoms with E-state index < -0.39 is 6.16 Å². The van der Waals surface area contributed by atoms with Crippen molar-refractivity contribution in [3.63, 3.8) is 0 Å². The lowest BCUT2D eigenvalue weighted by atomic mass is 10.9. The molecule has 4 nitrogen and oxygen atoms in total. The maximum atomic E-state index is 9.69. The van der Waals surface area contributed by atoms with Crippen LogP contribution < -0.4 is 0 Å². The highest BCUT2D eigenvalue weighted by Crippen LogP contribution is 1.85. The second-order valence-electron chi connectivity index (χ2n) is 1.05. The lowest BCUT2D eigenvalue weighted by molar-refractivity contribution is 0.121. The van der Waals surface area contributed by atoms with Gasteiger partial charge in [-0.2, -0.15) is 0 Å². The molecular formula is C4H6O4S. The van der Waals surface area contributed by atoms with Crippen molar-refractivity contribution in [1.82, 2.24) is 0 Å². The third-order valence-corrected chi connectivity index (χ3v) is 0.634. The molecule has 0 amide bonds. The fourth-order valence-corrected chi connectivity index (χ4v) is 0.408. The SMILES string of the molecule is CCOC(=S)OC(=O)O. The van der Waals surface area contributed by atoms with Crippen LogP contribution in [0.1, 0.15) is 6.92 Å². The van der Waals surface area contributed by atoms with Crippen molar-refractivity contribution in [3.8, 4) is 0 Å². The van der Waals surface area contributed by atoms with Crippen LogP contribution in [0.2, 0.25) is 0 Å². The Morgan fingerprint density at radius 2 is 2.33 bits per heavy atom. The molecule has 0 aliphatic rings. The van der Waals surface area contributed by atoms with Crippen molar-refractivity contribution < 1.29 is 19.4 Å². The minimum Gasteiger partial charge on any atom is -0.457 e. The Morgan fingerprint density at radius 3 is 2.67 bits per heavy atom. The van der Waals surface area contributed by atoms with E-state index in [-0.39, 0.29) is 5.24 Å². The van der Waals surface area contributed by atoms with Gasteiger partial charge in [0.15, 0.2) is 0 Å². The van der Waals surface area contributed by atoms with Gasteiger partial charge in [-0.25, -0.2) is 4.79 Å². The summed E-state index contributed by atoms with van der Waals surface area (Å²) in [6.45, 7) is 1.99. The van der Waals surface area contributed by atoms with Gasteiger partial charge in [0.2, 0.25) is 0 Å². The molecule has 1 N–H and O–H groups in total. The fourth-order valence-electron chi connectivity index (χ4n) is 0.219. The molecule has 0 saturated carbocycles. The van der Waals surface area contributed by atoms with E-state index in [2.05, 4.69) is 21.7 Å². The molecule has 0 atom stereocenters. The Morgan fingerprint density at radius 1 is 1.78 bits per heavy atom. The monoisotopic (exact) mass is 150 g/mol. The summed E-state index contributed by atoms with van der Waals surface area (Å²) in [4.78, 5) is 9.69. The molecule has 0 bridgehead atoms. The van der Waals surface area contributed by atoms with Crippen LogP contribution in [0.3, 0.4) is 0 Å². The summed E-state index contributed by atoms with van der Waals surface area (Å²) in [5.41, 5.74) is 0. The first-order valence-corrected chi connectivity index (χ1v) is 2.65. The van der Waals surface area contributed by atoms with Crippen molar-refractivity contribution in [3.05, 3.63) is 0 Å². The van der Waals surface area contributed by atoms with Crippen LogP contribution in [0.25, 0.3) is 0 Å². The van der Waals surface area contributed by atoms with Gasteiger partial charge in [-0.3, -0.25) is 0 Å². The van der Waals surface area contributed by atoms with Crippen LogP contribution in [-0.4, -0.2) is 23.1 Å². The van der Waals surface area contributed by atoms with Gasteiger partial charge in [-0.15, -0.1) is 0 Å². The molecule has 0 saturated heterocycles. The second kappa shape index (κ2) is 4.08. The Hall–Kier alpha value is -0.840. The molecule has 0 fully saturated rings. The molecule has 9 heavy (non-hydrogen) atoms. The number of carbonyl (C=O) groups is 1. The maximum absolute atomic E-state index is 9.69. The van der Waals surface area contributed by atoms with E-state index in [1.807, 2.05) is 0 Å². The average molecular weight is 150 g/mol. The van der Waals surface area contributed by atoms with Crippen LogP contribution in [0.15, 0.2) is 0 Å². The van der Waals surface area contributed by atoms with Crippen LogP contribution in [0.4, 0.5) is 4.79 Å². The molecule has 0 radical (unpaired) electrons. The van der Waals surface area contributed by atoms with E-state index in [0.29, 0.717) is 6.61 Å². The first kappa shape index (κ1) is 8.16. The zero-order valence-corrected chi connectivity index (χ0v) is 5.60. The molecule has 5 heteroatoms. The average Bonchev–Trinajstić information content (AvgIpc) is 1.63. The van der Waals surface area contributed by atoms with E-state index in [9.17, 15) is 4.79 Å². The zero-order chi connectivity index (χ0) is 7.28. The van der Waals surface area contributed by atoms with Gasteiger partial charge >= 0.3 is 11.4 Å². The van der Waals surface area contributed by atoms with Crippen LogP contribution in [0, 0.1) is 0 Å². The highest BCUT2D eigenvalue weighted by Gasteiger charge is 2.01. The van der Waals surface area contributed by atoms with E-state index in [1.54, 1.807) is 6.92 Å². The van der Waals surface area contributed by atoms with Crippen LogP contribution >= 0.6 is 12.2 Å². The topological polar surface area (TPSA) is 55.8 Å². The zero-order valence-electron chi connectivity index (χ0n) is 4.79. The van der Waals surface area contributed by atoms with Gasteiger partial charge in [0.1, 0.15) is 0 Å². The summed E-state index contributed by atoms with van der Waals surface area (Å²) in [6, 6.07) is 0. The van der Waals surface area contributed by atoms with Crippen molar-refractivity contribution in [2.24, 2.45) is 0 Å². The van der Waals surface area contributed by atoms with Gasteiger partial charge in [0.05, 0.1) is 6.61 Å². The normalized spacial score (nSPS) is 8.11. The maximum Gasteiger partial charge on any atom is 0.514 e. The summed E-state index contributed by atoms with van der Waals surface area (Å²) < 4.78 is 8.40. The van der Waals surface area contributed by atoms with E-state index in [1.165, 1.54) is 0 Å². The first-order valence-electron chi connectivity index (χ1n) is 2.24. The van der Waals surface area contributed by atoms with Gasteiger partial charge in [0.25, 0.3) is 0 Å². The molecule has 0 rings (SSSR count). The lowest BCUT2D eigenvalue weighted by Crippen LogP contribution is -2.10. The van der Waals surface area contributed by atoms with Gasteiger partial charge in [-0.1, -0.05) is 0 Å². The second-order valence-corrected chi connectivity index (χ2v) is 1.38. The summed E-state index contributed by atoms with van der Waals surface area (Å²) in [6.07, 6.45) is -1.45. The van der Waals surface area contributed by atoms with E-state index >= 15 is 0 Å². The number of rotatable bonds is 1. The Kier molecular flexibility index (Phi) is 3.70. The number of ether oxygens (including phenoxy) is 2. The quantitative estimate of drug-likeness (QED) is 0.446.